The molecule has 2 saturated heterocycles. The quantitative estimate of drug-likeness (QED) is 0.546. The highest BCUT2D eigenvalue weighted by Gasteiger charge is 2.43. The van der Waals surface area contributed by atoms with Gasteiger partial charge in [-0.15, -0.1) is 0 Å². The van der Waals surface area contributed by atoms with E-state index in [4.69, 9.17) is 0 Å². The molecular formula is C27H37N3O4. The molecule has 2 N–H and O–H groups in total. The topological polar surface area (TPSA) is 95.6 Å². The molecule has 184 valence electrons. The van der Waals surface area contributed by atoms with Crippen LogP contribution in [0.15, 0.2) is 36.9 Å². The van der Waals surface area contributed by atoms with Gasteiger partial charge >= 0.3 is 0 Å². The maximum absolute atomic E-state index is 13.5. The Bertz CT molecular complexity index is 928. The number of nitrogens with zero attached hydrogens (tertiary/aromatic N) is 1. The number of carbonyl (C=O) groups is 4. The van der Waals surface area contributed by atoms with Crippen molar-refractivity contribution in [3.63, 3.8) is 0 Å². The molecule has 1 aromatic carbocycles. The molecule has 0 spiro atoms. The van der Waals surface area contributed by atoms with E-state index >= 15 is 0 Å². The van der Waals surface area contributed by atoms with E-state index in [2.05, 4.69) is 17.2 Å². The van der Waals surface area contributed by atoms with Gasteiger partial charge in [0.2, 0.25) is 17.7 Å². The molecule has 2 aliphatic rings. The van der Waals surface area contributed by atoms with Crippen LogP contribution >= 0.6 is 0 Å². The third-order valence-electron chi connectivity index (χ3n) is 7.08. The van der Waals surface area contributed by atoms with Crippen molar-refractivity contribution in [2.24, 2.45) is 5.92 Å². The first kappa shape index (κ1) is 25.7. The lowest BCUT2D eigenvalue weighted by Crippen LogP contribution is -2.56. The monoisotopic (exact) mass is 467 g/mol. The summed E-state index contributed by atoms with van der Waals surface area (Å²) in [6, 6.07) is 6.50. The van der Waals surface area contributed by atoms with Crippen LogP contribution in [0.4, 0.5) is 0 Å². The van der Waals surface area contributed by atoms with Gasteiger partial charge in [0.1, 0.15) is 12.1 Å². The van der Waals surface area contributed by atoms with E-state index < -0.39 is 12.1 Å². The van der Waals surface area contributed by atoms with Crippen molar-refractivity contribution in [3.05, 3.63) is 48.0 Å². The summed E-state index contributed by atoms with van der Waals surface area (Å²) in [7, 11) is 0. The van der Waals surface area contributed by atoms with Gasteiger partial charge < -0.3 is 15.5 Å². The Morgan fingerprint density at radius 1 is 1.15 bits per heavy atom. The van der Waals surface area contributed by atoms with Gasteiger partial charge in [-0.25, -0.2) is 0 Å². The van der Waals surface area contributed by atoms with Crippen LogP contribution in [0.2, 0.25) is 0 Å². The van der Waals surface area contributed by atoms with Gasteiger partial charge in [0, 0.05) is 24.9 Å². The molecule has 1 aromatic rings. The molecule has 0 unspecified atom stereocenters. The third-order valence-corrected chi connectivity index (χ3v) is 7.08. The highest BCUT2D eigenvalue weighted by atomic mass is 16.2. The standard InChI is InChI=1S/C27H37N3O4/c1-4-18(3)25(32)29-23-12-7-6-11-21-13-14-24(30(21)27(23)34)26(33)28-17-20-10-8-9-19(15-20)16-22(31)5-2/h5,8-10,15,18,21,23-24H,2,4,6-7,11-14,16-17H2,1,3H3,(H,28,33)(H,29,32)/t18-,21+,23+,24+/m1/s1. The fourth-order valence-corrected chi connectivity index (χ4v) is 4.85. The fourth-order valence-electron chi connectivity index (χ4n) is 4.85. The molecule has 2 aliphatic heterocycles. The summed E-state index contributed by atoms with van der Waals surface area (Å²) in [6.07, 6.45) is 7.10. The highest BCUT2D eigenvalue weighted by molar-refractivity contribution is 5.93. The third kappa shape index (κ3) is 6.33. The minimum atomic E-state index is -0.572. The Kier molecular flexibility index (Phi) is 9.02. The molecule has 2 fully saturated rings. The average Bonchev–Trinajstić information content (AvgIpc) is 3.25. The van der Waals surface area contributed by atoms with Gasteiger partial charge in [-0.1, -0.05) is 57.5 Å². The molecule has 3 rings (SSSR count). The number of fused-ring (bicyclic) bond motifs is 1. The second-order valence-electron chi connectivity index (χ2n) is 9.53. The largest absolute Gasteiger partial charge is 0.350 e. The van der Waals surface area contributed by atoms with Crippen LogP contribution in [-0.4, -0.2) is 46.5 Å². The van der Waals surface area contributed by atoms with E-state index in [9.17, 15) is 19.2 Å². The van der Waals surface area contributed by atoms with Gasteiger partial charge in [0.05, 0.1) is 0 Å². The number of carbonyl (C=O) groups excluding carboxylic acids is 4. The highest BCUT2D eigenvalue weighted by Crippen LogP contribution is 2.31. The predicted molar refractivity (Wildman–Crippen MR) is 131 cm³/mol. The summed E-state index contributed by atoms with van der Waals surface area (Å²) in [4.78, 5) is 52.5. The Hall–Kier alpha value is -2.96. The van der Waals surface area contributed by atoms with Crippen LogP contribution in [-0.2, 0) is 32.1 Å². The van der Waals surface area contributed by atoms with Crippen molar-refractivity contribution in [3.8, 4) is 0 Å². The van der Waals surface area contributed by atoms with E-state index in [0.29, 0.717) is 25.8 Å². The second kappa shape index (κ2) is 12.0. The second-order valence-corrected chi connectivity index (χ2v) is 9.53. The van der Waals surface area contributed by atoms with Gasteiger partial charge in [-0.3, -0.25) is 19.2 Å². The molecule has 0 bridgehead atoms. The lowest BCUT2D eigenvalue weighted by Gasteiger charge is -2.35. The molecule has 3 amide bonds. The Morgan fingerprint density at radius 2 is 1.88 bits per heavy atom. The van der Waals surface area contributed by atoms with E-state index in [1.54, 1.807) is 4.90 Å². The van der Waals surface area contributed by atoms with Gasteiger partial charge in [-0.2, -0.15) is 0 Å². The average molecular weight is 468 g/mol. The SMILES string of the molecule is C=CC(=O)Cc1cccc(CNC(=O)[C@@H]2CC[C@@H]3CCCC[C@H](NC(=O)[C@H](C)CC)C(=O)N32)c1. The van der Waals surface area contributed by atoms with Crippen LogP contribution in [0.25, 0.3) is 0 Å². The summed E-state index contributed by atoms with van der Waals surface area (Å²) >= 11 is 0. The number of allylic oxidation sites excluding steroid dienone is 1. The first-order chi connectivity index (χ1) is 16.3. The van der Waals surface area contributed by atoms with Gasteiger partial charge in [-0.05, 0) is 49.3 Å². The normalized spacial score (nSPS) is 23.3. The number of hydrogen-bond donors (Lipinski definition) is 2. The lowest BCUT2D eigenvalue weighted by molar-refractivity contribution is -0.144. The zero-order valence-corrected chi connectivity index (χ0v) is 20.3. The summed E-state index contributed by atoms with van der Waals surface area (Å²) in [5, 5.41) is 5.93. The molecule has 0 aromatic heterocycles. The molecule has 7 heteroatoms. The van der Waals surface area contributed by atoms with Gasteiger partial charge in [0.25, 0.3) is 0 Å². The predicted octanol–water partition coefficient (Wildman–Crippen LogP) is 3.06. The molecular weight excluding hydrogens is 430 g/mol. The number of benzene rings is 1. The Labute approximate surface area is 202 Å². The molecule has 0 saturated carbocycles. The molecule has 34 heavy (non-hydrogen) atoms. The molecule has 0 radical (unpaired) electrons. The lowest BCUT2D eigenvalue weighted by atomic mass is 9.98. The van der Waals surface area contributed by atoms with Crippen molar-refractivity contribution in [1.29, 1.82) is 0 Å². The molecule has 2 heterocycles. The molecule has 4 atom stereocenters. The number of rotatable bonds is 9. The zero-order chi connectivity index (χ0) is 24.7. The Balaban J connectivity index is 1.67. The van der Waals surface area contributed by atoms with Crippen molar-refractivity contribution >= 4 is 23.5 Å². The first-order valence-corrected chi connectivity index (χ1v) is 12.5. The molecule has 7 nitrogen and oxygen atoms in total. The number of hydrogen-bond acceptors (Lipinski definition) is 4. The Morgan fingerprint density at radius 3 is 2.62 bits per heavy atom. The van der Waals surface area contributed by atoms with E-state index in [0.717, 1.165) is 36.8 Å². The number of amides is 3. The number of nitrogens with one attached hydrogen (secondary N) is 2. The van der Waals surface area contributed by atoms with E-state index in [-0.39, 0.29) is 41.9 Å². The summed E-state index contributed by atoms with van der Waals surface area (Å²) in [6.45, 7) is 7.65. The maximum Gasteiger partial charge on any atom is 0.246 e. The maximum atomic E-state index is 13.5. The number of ketones is 1. The van der Waals surface area contributed by atoms with Crippen LogP contribution in [0.1, 0.15) is 69.9 Å². The minimum Gasteiger partial charge on any atom is -0.350 e. The van der Waals surface area contributed by atoms with Gasteiger partial charge in [0.15, 0.2) is 5.78 Å². The smallest absolute Gasteiger partial charge is 0.246 e. The van der Waals surface area contributed by atoms with Crippen LogP contribution in [0.5, 0.6) is 0 Å². The summed E-state index contributed by atoms with van der Waals surface area (Å²) in [5.74, 6) is -0.610. The van der Waals surface area contributed by atoms with Crippen LogP contribution < -0.4 is 10.6 Å². The zero-order valence-electron chi connectivity index (χ0n) is 20.3. The van der Waals surface area contributed by atoms with E-state index in [1.807, 2.05) is 38.1 Å². The van der Waals surface area contributed by atoms with E-state index in [1.165, 1.54) is 6.08 Å². The minimum absolute atomic E-state index is 0.0415. The molecule has 0 aliphatic carbocycles. The van der Waals surface area contributed by atoms with Crippen LogP contribution in [0, 0.1) is 5.92 Å². The van der Waals surface area contributed by atoms with Crippen LogP contribution in [0.3, 0.4) is 0 Å². The first-order valence-electron chi connectivity index (χ1n) is 12.5. The van der Waals surface area contributed by atoms with Crippen molar-refractivity contribution < 1.29 is 19.2 Å². The van der Waals surface area contributed by atoms with Crippen molar-refractivity contribution in [2.75, 3.05) is 0 Å². The fraction of sp³-hybridized carbons (Fsp3) is 0.556. The van der Waals surface area contributed by atoms with Crippen molar-refractivity contribution in [1.82, 2.24) is 15.5 Å². The summed E-state index contributed by atoms with van der Waals surface area (Å²) in [5.41, 5.74) is 1.77. The summed E-state index contributed by atoms with van der Waals surface area (Å²) < 4.78 is 0. The van der Waals surface area contributed by atoms with Crippen molar-refractivity contribution in [2.45, 2.75) is 89.9 Å².